The second-order valence-electron chi connectivity index (χ2n) is 5.36. The second-order valence-corrected chi connectivity index (χ2v) is 5.36. The van der Waals surface area contributed by atoms with E-state index in [-0.39, 0.29) is 12.3 Å². The summed E-state index contributed by atoms with van der Waals surface area (Å²) in [4.78, 5) is 32.8. The highest BCUT2D eigenvalue weighted by Crippen LogP contribution is 2.09. The first-order valence-corrected chi connectivity index (χ1v) is 7.69. The molecule has 0 atom stereocenters. The van der Waals surface area contributed by atoms with Gasteiger partial charge in [-0.1, -0.05) is 24.0 Å². The smallest absolute Gasteiger partial charge is 0.423 e. The molecule has 7 nitrogen and oxygen atoms in total. The zero-order valence-corrected chi connectivity index (χ0v) is 14.0. The number of hydrogen-bond acceptors (Lipinski definition) is 3. The summed E-state index contributed by atoms with van der Waals surface area (Å²) in [5.41, 5.74) is 6.90. The molecule has 0 radical (unpaired) electrons. The van der Waals surface area contributed by atoms with Crippen molar-refractivity contribution in [1.29, 1.82) is 0 Å². The lowest BCUT2D eigenvalue weighted by Crippen LogP contribution is -2.41. The third kappa shape index (κ3) is 6.37. The standard InChI is InChI=1S/C19H17N3O4/c1-13(23)20-17-10-8-15(9-11-17)3-2-14-4-6-16(7-5-14)12-18(24)21-22-19(25)26/h4-11,22H,12H2,1H3,(H,20,23)(H,21,24)(H,25,26). The third-order valence-corrected chi connectivity index (χ3v) is 3.18. The molecule has 3 amide bonds. The fraction of sp³-hybridized carbons (Fsp3) is 0.105. The molecule has 0 unspecified atom stereocenters. The van der Waals surface area contributed by atoms with Crippen molar-refractivity contribution in [2.24, 2.45) is 0 Å². The molecule has 4 N–H and O–H groups in total. The Bertz CT molecular complexity index is 862. The molecule has 0 spiro atoms. The number of benzene rings is 2. The van der Waals surface area contributed by atoms with Gasteiger partial charge in [-0.15, -0.1) is 0 Å². The second kappa shape index (κ2) is 8.89. The monoisotopic (exact) mass is 351 g/mol. The Kier molecular flexibility index (Phi) is 6.34. The Morgan fingerprint density at radius 2 is 1.42 bits per heavy atom. The van der Waals surface area contributed by atoms with E-state index in [1.165, 1.54) is 6.92 Å². The molecular formula is C19H17N3O4. The van der Waals surface area contributed by atoms with Gasteiger partial charge in [-0.2, -0.15) is 0 Å². The third-order valence-electron chi connectivity index (χ3n) is 3.18. The highest BCUT2D eigenvalue weighted by molar-refractivity contribution is 5.88. The van der Waals surface area contributed by atoms with Crippen LogP contribution in [0, 0.1) is 11.8 Å². The molecule has 26 heavy (non-hydrogen) atoms. The van der Waals surface area contributed by atoms with Crippen molar-refractivity contribution < 1.29 is 19.5 Å². The lowest BCUT2D eigenvalue weighted by atomic mass is 10.1. The van der Waals surface area contributed by atoms with Crippen LogP contribution < -0.4 is 16.2 Å². The maximum Gasteiger partial charge on any atom is 0.423 e. The zero-order chi connectivity index (χ0) is 18.9. The lowest BCUT2D eigenvalue weighted by Gasteiger charge is -2.04. The Labute approximate surface area is 150 Å². The van der Waals surface area contributed by atoms with Gasteiger partial charge in [-0.3, -0.25) is 15.0 Å². The number of hydrogen-bond donors (Lipinski definition) is 4. The number of rotatable bonds is 3. The Morgan fingerprint density at radius 1 is 0.885 bits per heavy atom. The minimum absolute atomic E-state index is 0.0542. The Balaban J connectivity index is 1.95. The molecule has 0 aliphatic rings. The van der Waals surface area contributed by atoms with Crippen molar-refractivity contribution in [3.05, 3.63) is 65.2 Å². The van der Waals surface area contributed by atoms with Gasteiger partial charge in [0, 0.05) is 23.7 Å². The van der Waals surface area contributed by atoms with Crippen LogP contribution in [0.3, 0.4) is 0 Å². The van der Waals surface area contributed by atoms with Crippen LogP contribution in [-0.4, -0.2) is 23.0 Å². The fourth-order valence-corrected chi connectivity index (χ4v) is 2.04. The molecule has 2 aromatic rings. The maximum absolute atomic E-state index is 11.5. The van der Waals surface area contributed by atoms with E-state index >= 15 is 0 Å². The highest BCUT2D eigenvalue weighted by atomic mass is 16.4. The number of carbonyl (C=O) groups is 3. The average Bonchev–Trinajstić information content (AvgIpc) is 2.60. The molecule has 0 aromatic heterocycles. The van der Waals surface area contributed by atoms with E-state index in [1.807, 2.05) is 12.1 Å². The van der Waals surface area contributed by atoms with Crippen molar-refractivity contribution >= 4 is 23.6 Å². The van der Waals surface area contributed by atoms with Crippen LogP contribution in [0.25, 0.3) is 0 Å². The summed E-state index contributed by atoms with van der Waals surface area (Å²) >= 11 is 0. The van der Waals surface area contributed by atoms with Gasteiger partial charge >= 0.3 is 6.09 Å². The Morgan fingerprint density at radius 3 is 1.92 bits per heavy atom. The minimum Gasteiger partial charge on any atom is -0.464 e. The van der Waals surface area contributed by atoms with E-state index in [1.54, 1.807) is 41.8 Å². The van der Waals surface area contributed by atoms with Crippen LogP contribution in [0.15, 0.2) is 48.5 Å². The number of nitrogens with one attached hydrogen (secondary N) is 3. The number of carbonyl (C=O) groups excluding carboxylic acids is 2. The van der Waals surface area contributed by atoms with Crippen molar-refractivity contribution in [1.82, 2.24) is 10.9 Å². The van der Waals surface area contributed by atoms with Gasteiger partial charge in [0.05, 0.1) is 6.42 Å². The molecular weight excluding hydrogens is 334 g/mol. The summed E-state index contributed by atoms with van der Waals surface area (Å²) in [7, 11) is 0. The van der Waals surface area contributed by atoms with Crippen LogP contribution in [-0.2, 0) is 16.0 Å². The van der Waals surface area contributed by atoms with Crippen molar-refractivity contribution in [2.45, 2.75) is 13.3 Å². The molecule has 0 fully saturated rings. The van der Waals surface area contributed by atoms with Crippen molar-refractivity contribution in [3.63, 3.8) is 0 Å². The summed E-state index contributed by atoms with van der Waals surface area (Å²) in [6.07, 6.45) is -1.27. The molecule has 0 aliphatic carbocycles. The van der Waals surface area contributed by atoms with Crippen LogP contribution in [0.1, 0.15) is 23.6 Å². The van der Waals surface area contributed by atoms with Crippen LogP contribution in [0.5, 0.6) is 0 Å². The quantitative estimate of drug-likeness (QED) is 0.500. The SMILES string of the molecule is CC(=O)Nc1ccc(C#Cc2ccc(CC(=O)NNC(=O)O)cc2)cc1. The van der Waals surface area contributed by atoms with E-state index < -0.39 is 12.0 Å². The van der Waals surface area contributed by atoms with Gasteiger partial charge < -0.3 is 10.4 Å². The van der Waals surface area contributed by atoms with Gasteiger partial charge in [0.1, 0.15) is 0 Å². The molecule has 0 bridgehead atoms. The number of carboxylic acid groups (broad SMARTS) is 1. The van der Waals surface area contributed by atoms with Gasteiger partial charge in [0.25, 0.3) is 0 Å². The summed E-state index contributed by atoms with van der Waals surface area (Å²) in [6, 6.07) is 14.3. The molecule has 0 heterocycles. The summed E-state index contributed by atoms with van der Waals surface area (Å²) in [6.45, 7) is 1.45. The largest absolute Gasteiger partial charge is 0.464 e. The first-order chi connectivity index (χ1) is 12.4. The van der Waals surface area contributed by atoms with Crippen molar-refractivity contribution in [3.8, 4) is 11.8 Å². The number of hydrazine groups is 1. The molecule has 2 rings (SSSR count). The molecule has 132 valence electrons. The number of amides is 3. The summed E-state index contributed by atoms with van der Waals surface area (Å²) < 4.78 is 0. The van der Waals surface area contributed by atoms with E-state index in [0.717, 1.165) is 16.7 Å². The van der Waals surface area contributed by atoms with Crippen LogP contribution in [0.2, 0.25) is 0 Å². The summed E-state index contributed by atoms with van der Waals surface area (Å²) in [5, 5.41) is 11.1. The van der Waals surface area contributed by atoms with E-state index in [0.29, 0.717) is 5.69 Å². The molecule has 0 aliphatic heterocycles. The van der Waals surface area contributed by atoms with Gasteiger partial charge in [0.15, 0.2) is 0 Å². The zero-order valence-electron chi connectivity index (χ0n) is 14.0. The molecule has 0 saturated heterocycles. The number of anilines is 1. The molecule has 0 saturated carbocycles. The average molecular weight is 351 g/mol. The van der Waals surface area contributed by atoms with Crippen LogP contribution in [0.4, 0.5) is 10.5 Å². The topological polar surface area (TPSA) is 108 Å². The van der Waals surface area contributed by atoms with Crippen LogP contribution >= 0.6 is 0 Å². The molecule has 7 heteroatoms. The van der Waals surface area contributed by atoms with Gasteiger partial charge in [0.2, 0.25) is 11.8 Å². The first kappa shape index (κ1) is 18.5. The van der Waals surface area contributed by atoms with Crippen molar-refractivity contribution in [2.75, 3.05) is 5.32 Å². The predicted molar refractivity (Wildman–Crippen MR) is 96.2 cm³/mol. The normalized spacial score (nSPS) is 9.42. The molecule has 2 aromatic carbocycles. The van der Waals surface area contributed by atoms with E-state index in [9.17, 15) is 14.4 Å². The van der Waals surface area contributed by atoms with E-state index in [4.69, 9.17) is 5.11 Å². The first-order valence-electron chi connectivity index (χ1n) is 7.69. The minimum atomic E-state index is -1.32. The van der Waals surface area contributed by atoms with E-state index in [2.05, 4.69) is 22.6 Å². The fourth-order valence-electron chi connectivity index (χ4n) is 2.04. The lowest BCUT2D eigenvalue weighted by molar-refractivity contribution is -0.121. The summed E-state index contributed by atoms with van der Waals surface area (Å²) in [5.74, 6) is 5.45. The highest BCUT2D eigenvalue weighted by Gasteiger charge is 2.04. The Hall–Kier alpha value is -3.79. The van der Waals surface area contributed by atoms with Gasteiger partial charge in [-0.25, -0.2) is 10.2 Å². The predicted octanol–water partition coefficient (Wildman–Crippen LogP) is 1.89. The maximum atomic E-state index is 11.5. The van der Waals surface area contributed by atoms with Gasteiger partial charge in [-0.05, 0) is 42.0 Å².